The monoisotopic (exact) mass is 162 g/mol. The van der Waals surface area contributed by atoms with Crippen molar-refractivity contribution < 1.29 is 9.53 Å². The smallest absolute Gasteiger partial charge is 0.302 e. The van der Waals surface area contributed by atoms with Crippen LogP contribution >= 0.6 is 11.6 Å². The van der Waals surface area contributed by atoms with Gasteiger partial charge in [0.25, 0.3) is 0 Å². The fraction of sp³-hybridized carbons (Fsp3) is 0.571. The minimum atomic E-state index is -0.254. The van der Waals surface area contributed by atoms with Crippen LogP contribution in [-0.4, -0.2) is 18.5 Å². The van der Waals surface area contributed by atoms with E-state index in [2.05, 4.69) is 4.74 Å². The van der Waals surface area contributed by atoms with Crippen LogP contribution in [0.25, 0.3) is 0 Å². The summed E-state index contributed by atoms with van der Waals surface area (Å²) < 4.78 is 4.62. The van der Waals surface area contributed by atoms with Crippen molar-refractivity contribution in [2.45, 2.75) is 13.3 Å². The fourth-order valence-electron chi connectivity index (χ4n) is 0.414. The number of esters is 1. The molecule has 0 radical (unpaired) electrons. The zero-order valence-electron chi connectivity index (χ0n) is 5.97. The molecule has 0 aliphatic carbocycles. The molecule has 3 heteroatoms. The summed E-state index contributed by atoms with van der Waals surface area (Å²) in [5, 5.41) is 0. The molecule has 0 heterocycles. The Hall–Kier alpha value is -0.500. The zero-order valence-corrected chi connectivity index (χ0v) is 6.73. The van der Waals surface area contributed by atoms with E-state index in [4.69, 9.17) is 11.6 Å². The average Bonchev–Trinajstić information content (AvgIpc) is 1.87. The van der Waals surface area contributed by atoms with Crippen LogP contribution in [0, 0.1) is 0 Å². The maximum Gasteiger partial charge on any atom is 0.302 e. The van der Waals surface area contributed by atoms with Crippen molar-refractivity contribution in [2.24, 2.45) is 0 Å². The topological polar surface area (TPSA) is 26.3 Å². The van der Waals surface area contributed by atoms with Crippen LogP contribution in [0.1, 0.15) is 13.3 Å². The molecule has 0 N–H and O–H groups in total. The predicted octanol–water partition coefficient (Wildman–Crippen LogP) is 1.73. The third-order valence-corrected chi connectivity index (χ3v) is 1.04. The Morgan fingerprint density at radius 1 is 1.60 bits per heavy atom. The summed E-state index contributed by atoms with van der Waals surface area (Å²) in [5.74, 6) is 0.354. The number of alkyl halides is 1. The third kappa shape index (κ3) is 7.50. The van der Waals surface area contributed by atoms with E-state index < -0.39 is 0 Å². The number of allylic oxidation sites excluding steroid dienone is 1. The number of rotatable bonds is 4. The van der Waals surface area contributed by atoms with Crippen LogP contribution in [0.4, 0.5) is 0 Å². The van der Waals surface area contributed by atoms with Gasteiger partial charge in [0, 0.05) is 12.8 Å². The SMILES string of the molecule is CC(=O)OC/C=C/CCCl. The highest BCUT2D eigenvalue weighted by atomic mass is 35.5. The fourth-order valence-corrected chi connectivity index (χ4v) is 0.540. The summed E-state index contributed by atoms with van der Waals surface area (Å²) in [6.45, 7) is 1.74. The normalized spacial score (nSPS) is 10.2. The molecule has 58 valence electrons. The van der Waals surface area contributed by atoms with E-state index >= 15 is 0 Å². The molecule has 0 saturated heterocycles. The van der Waals surface area contributed by atoms with Gasteiger partial charge in [-0.3, -0.25) is 4.79 Å². The summed E-state index contributed by atoms with van der Waals surface area (Å²) in [5.41, 5.74) is 0. The van der Waals surface area contributed by atoms with Crippen LogP contribution in [0.5, 0.6) is 0 Å². The lowest BCUT2D eigenvalue weighted by Gasteiger charge is -1.93. The summed E-state index contributed by atoms with van der Waals surface area (Å²) in [7, 11) is 0. The second-order valence-electron chi connectivity index (χ2n) is 1.75. The van der Waals surface area contributed by atoms with E-state index in [1.165, 1.54) is 6.92 Å². The molecule has 0 aromatic carbocycles. The number of carbonyl (C=O) groups is 1. The van der Waals surface area contributed by atoms with Crippen LogP contribution in [-0.2, 0) is 9.53 Å². The predicted molar refractivity (Wildman–Crippen MR) is 41.1 cm³/mol. The second kappa shape index (κ2) is 6.62. The van der Waals surface area contributed by atoms with Gasteiger partial charge in [-0.05, 0) is 6.42 Å². The molecule has 0 fully saturated rings. The zero-order chi connectivity index (χ0) is 7.82. The Bertz CT molecular complexity index is 121. The van der Waals surface area contributed by atoms with Crippen LogP contribution in [0.15, 0.2) is 12.2 Å². The van der Waals surface area contributed by atoms with Gasteiger partial charge < -0.3 is 4.74 Å². The van der Waals surface area contributed by atoms with Gasteiger partial charge in [-0.1, -0.05) is 12.2 Å². The Morgan fingerprint density at radius 2 is 2.30 bits per heavy atom. The van der Waals surface area contributed by atoms with Crippen molar-refractivity contribution in [2.75, 3.05) is 12.5 Å². The highest BCUT2D eigenvalue weighted by molar-refractivity contribution is 6.17. The minimum absolute atomic E-state index is 0.254. The summed E-state index contributed by atoms with van der Waals surface area (Å²) in [6.07, 6.45) is 4.49. The number of halogens is 1. The van der Waals surface area contributed by atoms with Crippen molar-refractivity contribution >= 4 is 17.6 Å². The standard InChI is InChI=1S/C7H11ClO2/c1-7(9)10-6-4-2-3-5-8/h2,4H,3,5-6H2,1H3/b4-2+. The van der Waals surface area contributed by atoms with E-state index in [1.807, 2.05) is 6.08 Å². The maximum absolute atomic E-state index is 10.2. The van der Waals surface area contributed by atoms with Crippen LogP contribution in [0.3, 0.4) is 0 Å². The van der Waals surface area contributed by atoms with Gasteiger partial charge in [0.05, 0.1) is 0 Å². The molecular weight excluding hydrogens is 152 g/mol. The Balaban J connectivity index is 3.10. The Kier molecular flexibility index (Phi) is 6.29. The highest BCUT2D eigenvalue weighted by Crippen LogP contribution is 1.86. The van der Waals surface area contributed by atoms with Crippen molar-refractivity contribution in [1.82, 2.24) is 0 Å². The number of carbonyl (C=O) groups excluding carboxylic acids is 1. The second-order valence-corrected chi connectivity index (χ2v) is 2.13. The number of hydrogen-bond donors (Lipinski definition) is 0. The van der Waals surface area contributed by atoms with E-state index in [0.717, 1.165) is 6.42 Å². The molecular formula is C7H11ClO2. The summed E-state index contributed by atoms with van der Waals surface area (Å²) in [6, 6.07) is 0. The minimum Gasteiger partial charge on any atom is -0.462 e. The van der Waals surface area contributed by atoms with Crippen LogP contribution < -0.4 is 0 Å². The quantitative estimate of drug-likeness (QED) is 0.358. The van der Waals surface area contributed by atoms with Gasteiger partial charge in [0.2, 0.25) is 0 Å². The highest BCUT2D eigenvalue weighted by Gasteiger charge is 1.85. The molecule has 2 nitrogen and oxygen atoms in total. The van der Waals surface area contributed by atoms with E-state index in [9.17, 15) is 4.79 Å². The number of hydrogen-bond acceptors (Lipinski definition) is 2. The van der Waals surface area contributed by atoms with Crippen molar-refractivity contribution in [1.29, 1.82) is 0 Å². The molecule has 0 rings (SSSR count). The largest absolute Gasteiger partial charge is 0.462 e. The third-order valence-electron chi connectivity index (χ3n) is 0.825. The van der Waals surface area contributed by atoms with Gasteiger partial charge in [0.1, 0.15) is 6.61 Å². The molecule has 0 amide bonds. The molecule has 0 aliphatic rings. The lowest BCUT2D eigenvalue weighted by atomic mass is 10.4. The first-order valence-corrected chi connectivity index (χ1v) is 3.65. The molecule has 0 spiro atoms. The van der Waals surface area contributed by atoms with Crippen molar-refractivity contribution in [3.05, 3.63) is 12.2 Å². The van der Waals surface area contributed by atoms with E-state index in [1.54, 1.807) is 6.08 Å². The molecule has 0 atom stereocenters. The van der Waals surface area contributed by atoms with Gasteiger partial charge in [-0.15, -0.1) is 11.6 Å². The van der Waals surface area contributed by atoms with E-state index in [0.29, 0.717) is 12.5 Å². The van der Waals surface area contributed by atoms with Gasteiger partial charge >= 0.3 is 5.97 Å². The van der Waals surface area contributed by atoms with E-state index in [-0.39, 0.29) is 5.97 Å². The average molecular weight is 163 g/mol. The Labute approximate surface area is 65.8 Å². The molecule has 0 unspecified atom stereocenters. The first-order valence-electron chi connectivity index (χ1n) is 3.11. The molecule has 0 aromatic heterocycles. The van der Waals surface area contributed by atoms with Gasteiger partial charge in [-0.25, -0.2) is 0 Å². The van der Waals surface area contributed by atoms with Crippen LogP contribution in [0.2, 0.25) is 0 Å². The summed E-state index contributed by atoms with van der Waals surface area (Å²) in [4.78, 5) is 10.2. The Morgan fingerprint density at radius 3 is 2.80 bits per heavy atom. The first kappa shape index (κ1) is 9.50. The van der Waals surface area contributed by atoms with Gasteiger partial charge in [-0.2, -0.15) is 0 Å². The molecule has 10 heavy (non-hydrogen) atoms. The number of ether oxygens (including phenoxy) is 1. The maximum atomic E-state index is 10.2. The lowest BCUT2D eigenvalue weighted by Crippen LogP contribution is -1.97. The van der Waals surface area contributed by atoms with Crippen molar-refractivity contribution in [3.63, 3.8) is 0 Å². The van der Waals surface area contributed by atoms with Gasteiger partial charge in [0.15, 0.2) is 0 Å². The molecule has 0 bridgehead atoms. The summed E-state index contributed by atoms with van der Waals surface area (Å²) >= 11 is 5.38. The lowest BCUT2D eigenvalue weighted by molar-refractivity contribution is -0.139. The molecule has 0 aliphatic heterocycles. The molecule has 0 saturated carbocycles. The molecule has 0 aromatic rings. The first-order chi connectivity index (χ1) is 4.77. The van der Waals surface area contributed by atoms with Crippen molar-refractivity contribution in [3.8, 4) is 0 Å².